The zero-order chi connectivity index (χ0) is 16.8. The van der Waals surface area contributed by atoms with E-state index in [1.165, 1.54) is 6.20 Å². The van der Waals surface area contributed by atoms with Gasteiger partial charge in [0.1, 0.15) is 5.82 Å². The number of piperidine rings is 1. The molecule has 1 aromatic rings. The number of nitrogens with one attached hydrogen (secondary N) is 1. The van der Waals surface area contributed by atoms with Gasteiger partial charge in [-0.25, -0.2) is 4.98 Å². The van der Waals surface area contributed by atoms with Crippen molar-refractivity contribution in [2.75, 3.05) is 13.2 Å². The Balaban J connectivity index is 2.05. The molecule has 0 unspecified atom stereocenters. The first-order chi connectivity index (χ1) is 11.0. The molecule has 0 bridgehead atoms. The predicted molar refractivity (Wildman–Crippen MR) is 83.9 cm³/mol. The molecule has 1 fully saturated rings. The van der Waals surface area contributed by atoms with Gasteiger partial charge in [0.05, 0.1) is 19.4 Å². The van der Waals surface area contributed by atoms with Crippen LogP contribution in [0.3, 0.4) is 0 Å². The number of carbonyl (C=O) groups excluding carboxylic acids is 2. The molecular formula is C16H23N3O4. The van der Waals surface area contributed by atoms with E-state index in [-0.39, 0.29) is 36.3 Å². The first-order valence-corrected chi connectivity index (χ1v) is 8.01. The van der Waals surface area contributed by atoms with Gasteiger partial charge < -0.3 is 14.6 Å². The molecule has 0 aromatic carbocycles. The van der Waals surface area contributed by atoms with E-state index in [2.05, 4.69) is 9.97 Å². The third kappa shape index (κ3) is 4.64. The summed E-state index contributed by atoms with van der Waals surface area (Å²) in [5, 5.41) is 0. The summed E-state index contributed by atoms with van der Waals surface area (Å²) in [6.07, 6.45) is 4.33. The number of aryl methyl sites for hydroxylation is 1. The molecule has 126 valence electrons. The van der Waals surface area contributed by atoms with Gasteiger partial charge in [-0.2, -0.15) is 0 Å². The molecule has 1 aliphatic heterocycles. The Bertz CT molecular complexity index is 626. The number of ether oxygens (including phenoxy) is 1. The van der Waals surface area contributed by atoms with Gasteiger partial charge in [0.2, 0.25) is 5.91 Å². The van der Waals surface area contributed by atoms with Crippen LogP contribution < -0.4 is 5.56 Å². The summed E-state index contributed by atoms with van der Waals surface area (Å²) in [4.78, 5) is 44.4. The molecule has 0 saturated carbocycles. The van der Waals surface area contributed by atoms with Crippen molar-refractivity contribution in [3.8, 4) is 0 Å². The standard InChI is InChI=1S/C16H23N3O4/c1-3-23-15(21)9-13-6-4-5-7-19(13)14(20)8-12-10-17-11(2)18-16(12)22/h10,13H,3-9H2,1-2H3,(H,17,18,22)/t13-/m1/s1. The number of aromatic amines is 1. The molecule has 1 aromatic heterocycles. The molecule has 23 heavy (non-hydrogen) atoms. The number of esters is 1. The molecule has 0 aliphatic carbocycles. The van der Waals surface area contributed by atoms with E-state index in [1.807, 2.05) is 0 Å². The lowest BCUT2D eigenvalue weighted by molar-refractivity contribution is -0.146. The number of aromatic nitrogens is 2. The first-order valence-electron chi connectivity index (χ1n) is 8.01. The molecule has 1 aliphatic rings. The highest BCUT2D eigenvalue weighted by molar-refractivity contribution is 5.80. The normalized spacial score (nSPS) is 17.8. The molecule has 2 heterocycles. The molecule has 7 heteroatoms. The molecule has 0 radical (unpaired) electrons. The average Bonchev–Trinajstić information content (AvgIpc) is 2.50. The Labute approximate surface area is 135 Å². The highest BCUT2D eigenvalue weighted by Gasteiger charge is 2.29. The highest BCUT2D eigenvalue weighted by atomic mass is 16.5. The maximum absolute atomic E-state index is 12.5. The first kappa shape index (κ1) is 17.2. The summed E-state index contributed by atoms with van der Waals surface area (Å²) < 4.78 is 4.98. The number of rotatable bonds is 5. The monoisotopic (exact) mass is 321 g/mol. The van der Waals surface area contributed by atoms with Crippen molar-refractivity contribution in [2.45, 2.75) is 52.0 Å². The zero-order valence-corrected chi connectivity index (χ0v) is 13.6. The van der Waals surface area contributed by atoms with Crippen LogP contribution in [-0.4, -0.2) is 45.9 Å². The maximum Gasteiger partial charge on any atom is 0.307 e. The molecule has 1 amide bonds. The van der Waals surface area contributed by atoms with Crippen LogP contribution in [0.1, 0.15) is 44.0 Å². The fourth-order valence-corrected chi connectivity index (χ4v) is 2.85. The summed E-state index contributed by atoms with van der Waals surface area (Å²) in [7, 11) is 0. The molecule has 0 spiro atoms. The number of hydrogen-bond donors (Lipinski definition) is 1. The molecule has 1 N–H and O–H groups in total. The van der Waals surface area contributed by atoms with Crippen molar-refractivity contribution in [3.63, 3.8) is 0 Å². The van der Waals surface area contributed by atoms with Crippen LogP contribution in [0.4, 0.5) is 0 Å². The number of amides is 1. The number of nitrogens with zero attached hydrogens (tertiary/aromatic N) is 2. The van der Waals surface area contributed by atoms with Gasteiger partial charge in [-0.3, -0.25) is 14.4 Å². The Morgan fingerprint density at radius 2 is 2.22 bits per heavy atom. The van der Waals surface area contributed by atoms with E-state index < -0.39 is 0 Å². The summed E-state index contributed by atoms with van der Waals surface area (Å²) >= 11 is 0. The molecule has 2 rings (SSSR count). The molecule has 1 saturated heterocycles. The average molecular weight is 321 g/mol. The minimum Gasteiger partial charge on any atom is -0.466 e. The van der Waals surface area contributed by atoms with Crippen LogP contribution in [0.2, 0.25) is 0 Å². The number of H-pyrrole nitrogens is 1. The van der Waals surface area contributed by atoms with Crippen molar-refractivity contribution in [1.29, 1.82) is 0 Å². The van der Waals surface area contributed by atoms with E-state index in [1.54, 1.807) is 18.7 Å². The van der Waals surface area contributed by atoms with E-state index in [4.69, 9.17) is 4.74 Å². The van der Waals surface area contributed by atoms with Crippen LogP contribution in [0.15, 0.2) is 11.0 Å². The van der Waals surface area contributed by atoms with Gasteiger partial charge in [0.15, 0.2) is 0 Å². The van der Waals surface area contributed by atoms with Gasteiger partial charge in [-0.05, 0) is 33.1 Å². The minimum atomic E-state index is -0.287. The Kier molecular flexibility index (Phi) is 5.90. The van der Waals surface area contributed by atoms with E-state index in [0.29, 0.717) is 24.5 Å². The van der Waals surface area contributed by atoms with Crippen molar-refractivity contribution in [2.24, 2.45) is 0 Å². The van der Waals surface area contributed by atoms with Crippen LogP contribution in [-0.2, 0) is 20.7 Å². The van der Waals surface area contributed by atoms with Crippen LogP contribution in [0.25, 0.3) is 0 Å². The van der Waals surface area contributed by atoms with Crippen molar-refractivity contribution in [3.05, 3.63) is 27.9 Å². The Hall–Kier alpha value is -2.18. The van der Waals surface area contributed by atoms with Crippen LogP contribution in [0.5, 0.6) is 0 Å². The molecular weight excluding hydrogens is 298 g/mol. The SMILES string of the molecule is CCOC(=O)C[C@H]1CCCCN1C(=O)Cc1cnc(C)[nH]c1=O. The summed E-state index contributed by atoms with van der Waals surface area (Å²) in [6.45, 7) is 4.40. The Morgan fingerprint density at radius 3 is 2.91 bits per heavy atom. The topological polar surface area (TPSA) is 92.4 Å². The largest absolute Gasteiger partial charge is 0.466 e. The van der Waals surface area contributed by atoms with Gasteiger partial charge >= 0.3 is 5.97 Å². The highest BCUT2D eigenvalue weighted by Crippen LogP contribution is 2.21. The van der Waals surface area contributed by atoms with Crippen LogP contribution in [0, 0.1) is 6.92 Å². The fourth-order valence-electron chi connectivity index (χ4n) is 2.85. The van der Waals surface area contributed by atoms with E-state index >= 15 is 0 Å². The quantitative estimate of drug-likeness (QED) is 0.815. The fraction of sp³-hybridized carbons (Fsp3) is 0.625. The van der Waals surface area contributed by atoms with Gasteiger partial charge in [0, 0.05) is 24.3 Å². The van der Waals surface area contributed by atoms with E-state index in [0.717, 1.165) is 19.3 Å². The summed E-state index contributed by atoms with van der Waals surface area (Å²) in [5.41, 5.74) is 0.0610. The molecule has 7 nitrogen and oxygen atoms in total. The third-order valence-electron chi connectivity index (χ3n) is 4.00. The lowest BCUT2D eigenvalue weighted by atomic mass is 9.98. The van der Waals surface area contributed by atoms with Gasteiger partial charge in [0.25, 0.3) is 5.56 Å². The second-order valence-corrected chi connectivity index (χ2v) is 5.75. The minimum absolute atomic E-state index is 0.00192. The number of likely N-dealkylation sites (tertiary alicyclic amines) is 1. The second-order valence-electron chi connectivity index (χ2n) is 5.75. The smallest absolute Gasteiger partial charge is 0.307 e. The summed E-state index contributed by atoms with van der Waals surface area (Å²) in [5.74, 6) is 0.0894. The zero-order valence-electron chi connectivity index (χ0n) is 13.6. The Morgan fingerprint density at radius 1 is 1.43 bits per heavy atom. The predicted octanol–water partition coefficient (Wildman–Crippen LogP) is 0.955. The lowest BCUT2D eigenvalue weighted by Crippen LogP contribution is -2.46. The third-order valence-corrected chi connectivity index (χ3v) is 4.00. The van der Waals surface area contributed by atoms with E-state index in [9.17, 15) is 14.4 Å². The lowest BCUT2D eigenvalue weighted by Gasteiger charge is -2.35. The van der Waals surface area contributed by atoms with Crippen molar-refractivity contribution >= 4 is 11.9 Å². The van der Waals surface area contributed by atoms with Gasteiger partial charge in [-0.15, -0.1) is 0 Å². The second kappa shape index (κ2) is 7.89. The molecule has 1 atom stereocenters. The summed E-state index contributed by atoms with van der Waals surface area (Å²) in [6, 6.07) is -0.146. The van der Waals surface area contributed by atoms with Crippen molar-refractivity contribution in [1.82, 2.24) is 14.9 Å². The number of hydrogen-bond acceptors (Lipinski definition) is 5. The van der Waals surface area contributed by atoms with Crippen molar-refractivity contribution < 1.29 is 14.3 Å². The maximum atomic E-state index is 12.5. The van der Waals surface area contributed by atoms with Gasteiger partial charge in [-0.1, -0.05) is 0 Å². The number of carbonyl (C=O) groups is 2. The van der Waals surface area contributed by atoms with Crippen LogP contribution >= 0.6 is 0 Å².